The smallest absolute Gasteiger partial charge is 0.257 e. The lowest BCUT2D eigenvalue weighted by Gasteiger charge is -2.10. The Kier molecular flexibility index (Phi) is 30.9. The zero-order valence-corrected chi connectivity index (χ0v) is 66.8. The lowest BCUT2D eigenvalue weighted by molar-refractivity contribution is 0.0980. The van der Waals surface area contributed by atoms with Crippen molar-refractivity contribution in [2.45, 2.75) is 78.2 Å². The lowest BCUT2D eigenvalue weighted by Crippen LogP contribution is -2.17. The molecule has 21 nitrogen and oxygen atoms in total. The number of benzene rings is 8. The topological polar surface area (TPSA) is 346 Å². The Morgan fingerprint density at radius 3 is 0.752 bits per heavy atom. The number of pyridine rings is 4. The Bertz CT molecular complexity index is 5250. The first-order valence-corrected chi connectivity index (χ1v) is 38.4. The number of carbonyl (C=O) groups excluding carboxylic acids is 8. The van der Waals surface area contributed by atoms with Crippen LogP contribution in [0.15, 0.2) is 272 Å². The van der Waals surface area contributed by atoms with E-state index in [4.69, 9.17) is 68.4 Å². The minimum Gasteiger partial charge on any atom is -0.383 e. The number of anilines is 4. The summed E-state index contributed by atoms with van der Waals surface area (Å²) in [4.78, 5) is 122. The van der Waals surface area contributed by atoms with E-state index in [2.05, 4.69) is 46.2 Å². The van der Waals surface area contributed by atoms with Crippen molar-refractivity contribution in [3.8, 4) is 0 Å². The zero-order chi connectivity index (χ0) is 83.5. The normalized spacial score (nSPS) is 11.5. The molecule has 0 spiro atoms. The van der Waals surface area contributed by atoms with E-state index in [1.54, 1.807) is 245 Å². The molecule has 0 radical (unpaired) electrons. The van der Waals surface area contributed by atoms with Crippen molar-refractivity contribution in [1.82, 2.24) is 19.9 Å². The molecule has 0 unspecified atom stereocenters. The number of nitrogens with two attached hydrogens (primary N) is 1. The SMILES string of the molecule is CC(=N)c1ccc(C(=O)Cc2ccccc2C(=O)Nc2ccc(Cl)cn2)cc1.CC(=N)c1ccc(C(=O)Cc2ccccc2C(=O)Nc2ccc(Cl)cn2)cc1.CC(=N)c1ccc(C(=O)Cc2ccccc2C(=O)Nc2ccc(Cl)cn2)cc1.NC(=NC1CCCC1)c1ccc(C(=O)Cc2ccccc2C(=O)Nc2ccc(Cl)cn2)cc1. The zero-order valence-electron chi connectivity index (χ0n) is 63.7. The molecule has 13 rings (SSSR count). The van der Waals surface area contributed by atoms with Crippen molar-refractivity contribution in [1.29, 1.82) is 16.2 Å². The van der Waals surface area contributed by atoms with E-state index in [0.29, 0.717) is 139 Å². The first kappa shape index (κ1) is 86.0. The summed E-state index contributed by atoms with van der Waals surface area (Å²) in [6, 6.07) is 69.2. The maximum atomic E-state index is 12.9. The number of ketones is 4. The van der Waals surface area contributed by atoms with E-state index in [-0.39, 0.29) is 72.4 Å². The standard InChI is InChI=1S/C26H25ClN4O2.3C22H18ClN3O2/c27-20-13-14-24(29-16-20)31-26(33)22-8-4-1-5-19(22)15-23(32)17-9-11-18(12-10-17)25(28)30-21-6-2-3-7-21;3*1-14(24)15-6-8-16(9-7-15)20(27)12-17-4-2-3-5-19(17)22(28)26-21-11-10-18(23)13-25-21/h1,4-5,8-14,16,21H,2-3,6-7,15H2,(H2,28,30)(H,29,31,33);3*2-11,13,24H,12H2,1H3,(H,25,26,28). The molecule has 588 valence electrons. The second-order valence-electron chi connectivity index (χ2n) is 26.9. The Morgan fingerprint density at radius 1 is 0.325 bits per heavy atom. The molecule has 1 fully saturated rings. The molecule has 4 heterocycles. The first-order valence-electron chi connectivity index (χ1n) is 36.9. The fraction of sp³-hybridized carbons (Fsp3) is 0.130. The predicted molar refractivity (Wildman–Crippen MR) is 463 cm³/mol. The van der Waals surface area contributed by atoms with Gasteiger partial charge in [-0.1, -0.05) is 229 Å². The average Bonchev–Trinajstić information content (AvgIpc) is 1.28. The fourth-order valence-electron chi connectivity index (χ4n) is 12.1. The third-order valence-electron chi connectivity index (χ3n) is 18.4. The Morgan fingerprint density at radius 2 is 0.538 bits per heavy atom. The number of halogens is 4. The molecule has 8 aromatic carbocycles. The van der Waals surface area contributed by atoms with E-state index in [1.165, 1.54) is 37.6 Å². The Balaban J connectivity index is 0.000000165. The Labute approximate surface area is 696 Å². The highest BCUT2D eigenvalue weighted by atomic mass is 35.5. The van der Waals surface area contributed by atoms with Crippen LogP contribution in [-0.4, -0.2) is 95.7 Å². The number of aliphatic imine (C=N–C) groups is 1. The number of rotatable bonds is 25. The number of hydrogen-bond donors (Lipinski definition) is 8. The molecule has 0 bridgehead atoms. The van der Waals surface area contributed by atoms with Crippen LogP contribution in [0.25, 0.3) is 0 Å². The summed E-state index contributed by atoms with van der Waals surface area (Å²) < 4.78 is 0. The number of Topliss-reactive ketones (excluding diaryl/α,β-unsaturated/α-hetero) is 4. The highest BCUT2D eigenvalue weighted by molar-refractivity contribution is 6.31. The van der Waals surface area contributed by atoms with Crippen LogP contribution in [0.2, 0.25) is 20.1 Å². The molecule has 4 aromatic heterocycles. The molecular weight excluding hydrogens is 1560 g/mol. The van der Waals surface area contributed by atoms with Gasteiger partial charge in [-0.2, -0.15) is 0 Å². The van der Waals surface area contributed by atoms with Crippen LogP contribution in [0.3, 0.4) is 0 Å². The van der Waals surface area contributed by atoms with Gasteiger partial charge in [0.15, 0.2) is 23.1 Å². The third-order valence-corrected chi connectivity index (χ3v) is 19.3. The van der Waals surface area contributed by atoms with Crippen molar-refractivity contribution in [2.24, 2.45) is 10.7 Å². The van der Waals surface area contributed by atoms with Gasteiger partial charge in [0.2, 0.25) is 0 Å². The molecule has 0 aliphatic heterocycles. The molecule has 1 aliphatic rings. The van der Waals surface area contributed by atoms with Crippen LogP contribution in [-0.2, 0) is 25.7 Å². The second-order valence-corrected chi connectivity index (χ2v) is 28.7. The summed E-state index contributed by atoms with van der Waals surface area (Å²) in [6.07, 6.45) is 10.8. The van der Waals surface area contributed by atoms with Crippen molar-refractivity contribution in [2.75, 3.05) is 21.3 Å². The van der Waals surface area contributed by atoms with E-state index < -0.39 is 0 Å². The van der Waals surface area contributed by atoms with E-state index in [9.17, 15) is 38.4 Å². The summed E-state index contributed by atoms with van der Waals surface area (Å²) in [5.41, 5.74) is 17.0. The minimum atomic E-state index is -0.340. The molecular formula is C92H79Cl4N13O8. The summed E-state index contributed by atoms with van der Waals surface area (Å²) in [5.74, 6) is 0.314. The van der Waals surface area contributed by atoms with Crippen LogP contribution in [0.1, 0.15) is 174 Å². The Hall–Kier alpha value is -13.4. The van der Waals surface area contributed by atoms with E-state index in [0.717, 1.165) is 35.1 Å². The lowest BCUT2D eigenvalue weighted by atomic mass is 9.97. The average molecular weight is 1640 g/mol. The number of nitrogens with one attached hydrogen (secondary N) is 7. The third kappa shape index (κ3) is 25.5. The van der Waals surface area contributed by atoms with Crippen molar-refractivity contribution in [3.05, 3.63) is 377 Å². The van der Waals surface area contributed by atoms with Gasteiger partial charge in [0.05, 0.1) is 26.1 Å². The molecule has 0 saturated heterocycles. The number of aromatic nitrogens is 4. The summed E-state index contributed by atoms with van der Waals surface area (Å²) >= 11 is 23.3. The highest BCUT2D eigenvalue weighted by Crippen LogP contribution is 2.25. The quantitative estimate of drug-likeness (QED) is 0.0150. The van der Waals surface area contributed by atoms with Crippen LogP contribution < -0.4 is 27.0 Å². The van der Waals surface area contributed by atoms with Crippen molar-refractivity contribution < 1.29 is 38.4 Å². The van der Waals surface area contributed by atoms with Crippen molar-refractivity contribution >= 4 is 139 Å². The maximum Gasteiger partial charge on any atom is 0.257 e. The van der Waals surface area contributed by atoms with Gasteiger partial charge in [0.25, 0.3) is 23.6 Å². The van der Waals surface area contributed by atoms with Gasteiger partial charge in [0, 0.05) is 118 Å². The van der Waals surface area contributed by atoms with Gasteiger partial charge >= 0.3 is 0 Å². The number of amidine groups is 1. The maximum absolute atomic E-state index is 12.9. The number of amides is 4. The van der Waals surface area contributed by atoms with Gasteiger partial charge < -0.3 is 43.2 Å². The number of hydrogen-bond acceptors (Lipinski definition) is 16. The molecule has 4 amide bonds. The van der Waals surface area contributed by atoms with Gasteiger partial charge in [-0.25, -0.2) is 19.9 Å². The molecule has 1 aliphatic carbocycles. The predicted octanol–water partition coefficient (Wildman–Crippen LogP) is 19.5. The van der Waals surface area contributed by atoms with Gasteiger partial charge in [-0.05, 0) is 145 Å². The second kappa shape index (κ2) is 42.1. The molecule has 9 N–H and O–H groups in total. The van der Waals surface area contributed by atoms with Gasteiger partial charge in [0.1, 0.15) is 29.1 Å². The summed E-state index contributed by atoms with van der Waals surface area (Å²) in [6.45, 7) is 5.09. The van der Waals surface area contributed by atoms with Crippen LogP contribution in [0.5, 0.6) is 0 Å². The van der Waals surface area contributed by atoms with E-state index >= 15 is 0 Å². The molecule has 12 aromatic rings. The van der Waals surface area contributed by atoms with Crippen molar-refractivity contribution in [3.63, 3.8) is 0 Å². The highest BCUT2D eigenvalue weighted by Gasteiger charge is 2.22. The van der Waals surface area contributed by atoms with Crippen LogP contribution in [0.4, 0.5) is 23.3 Å². The summed E-state index contributed by atoms with van der Waals surface area (Å²) in [7, 11) is 0. The van der Waals surface area contributed by atoms with Crippen LogP contribution in [0, 0.1) is 16.2 Å². The largest absolute Gasteiger partial charge is 0.383 e. The fourth-order valence-corrected chi connectivity index (χ4v) is 12.5. The molecule has 25 heteroatoms. The van der Waals surface area contributed by atoms with Gasteiger partial charge in [-0.15, -0.1) is 0 Å². The molecule has 1 saturated carbocycles. The first-order chi connectivity index (χ1) is 56.3. The van der Waals surface area contributed by atoms with E-state index in [1.807, 2.05) is 18.2 Å². The van der Waals surface area contributed by atoms with Gasteiger partial charge in [-0.3, -0.25) is 43.3 Å². The monoisotopic (exact) mass is 1630 g/mol. The van der Waals surface area contributed by atoms with Crippen LogP contribution >= 0.6 is 46.4 Å². The molecule has 0 atom stereocenters. The molecule has 117 heavy (non-hydrogen) atoms. The number of nitrogens with zero attached hydrogens (tertiary/aromatic N) is 5. The number of carbonyl (C=O) groups is 8. The summed E-state index contributed by atoms with van der Waals surface area (Å²) in [5, 5.41) is 35.7. The minimum absolute atomic E-state index is 0.0854.